The van der Waals surface area contributed by atoms with Gasteiger partial charge in [0.05, 0.1) is 12.8 Å². The van der Waals surface area contributed by atoms with Gasteiger partial charge in [-0.25, -0.2) is 0 Å². The van der Waals surface area contributed by atoms with Crippen molar-refractivity contribution in [2.45, 2.75) is 12.5 Å². The van der Waals surface area contributed by atoms with Gasteiger partial charge in [0.25, 0.3) is 5.91 Å². The van der Waals surface area contributed by atoms with Crippen molar-refractivity contribution in [3.8, 4) is 0 Å². The molecule has 2 rings (SSSR count). The van der Waals surface area contributed by atoms with Gasteiger partial charge in [0, 0.05) is 18.0 Å². The molecule has 1 N–H and O–H groups in total. The van der Waals surface area contributed by atoms with E-state index in [0.29, 0.717) is 11.6 Å². The summed E-state index contributed by atoms with van der Waals surface area (Å²) in [4.78, 5) is 11.2. The van der Waals surface area contributed by atoms with Gasteiger partial charge in [-0.15, -0.1) is 5.10 Å². The van der Waals surface area contributed by atoms with Crippen molar-refractivity contribution in [2.24, 2.45) is 0 Å². The van der Waals surface area contributed by atoms with Crippen LogP contribution in [0.15, 0.2) is 6.20 Å². The average Bonchev–Trinajstić information content (AvgIpc) is 2.34. The van der Waals surface area contributed by atoms with Gasteiger partial charge in [-0.1, -0.05) is 4.49 Å². The Kier molecular flexibility index (Phi) is 2.01. The van der Waals surface area contributed by atoms with Gasteiger partial charge in [-0.3, -0.25) is 4.79 Å². The minimum atomic E-state index is -0.271. The van der Waals surface area contributed by atoms with Crippen molar-refractivity contribution >= 4 is 22.4 Å². The van der Waals surface area contributed by atoms with Crippen molar-refractivity contribution in [3.63, 3.8) is 0 Å². The summed E-state index contributed by atoms with van der Waals surface area (Å²) in [5.41, 5.74) is 0. The van der Waals surface area contributed by atoms with E-state index in [0.717, 1.165) is 18.0 Å². The largest absolute Gasteiger partial charge is 0.368 e. The predicted molar refractivity (Wildman–Crippen MR) is 42.9 cm³/mol. The first-order valence-corrected chi connectivity index (χ1v) is 4.33. The Balaban J connectivity index is 1.90. The van der Waals surface area contributed by atoms with E-state index in [1.54, 1.807) is 0 Å². The number of nitrogens with one attached hydrogen (secondary N) is 1. The Labute approximate surface area is 72.9 Å². The van der Waals surface area contributed by atoms with Crippen molar-refractivity contribution in [3.05, 3.63) is 6.20 Å². The molecular formula is C6H7N3O2S. The minimum Gasteiger partial charge on any atom is -0.368 e. The molecule has 1 aliphatic heterocycles. The van der Waals surface area contributed by atoms with Gasteiger partial charge < -0.3 is 10.1 Å². The maximum Gasteiger partial charge on any atom is 0.254 e. The molecule has 1 aromatic rings. The van der Waals surface area contributed by atoms with Gasteiger partial charge in [0.1, 0.15) is 11.1 Å². The predicted octanol–water partition coefficient (Wildman–Crippen LogP) is 0.266. The van der Waals surface area contributed by atoms with Crippen LogP contribution in [0.5, 0.6) is 0 Å². The smallest absolute Gasteiger partial charge is 0.254 e. The monoisotopic (exact) mass is 185 g/mol. The summed E-state index contributed by atoms with van der Waals surface area (Å²) in [5, 5.41) is 6.91. The van der Waals surface area contributed by atoms with E-state index in [2.05, 4.69) is 14.9 Å². The van der Waals surface area contributed by atoms with Gasteiger partial charge in [-0.2, -0.15) is 0 Å². The normalized spacial score (nSPS) is 21.5. The molecule has 1 atom stereocenters. The molecule has 2 heterocycles. The van der Waals surface area contributed by atoms with Crippen LogP contribution in [0.1, 0.15) is 6.42 Å². The Hall–Kier alpha value is -1.01. The van der Waals surface area contributed by atoms with Crippen molar-refractivity contribution in [1.29, 1.82) is 0 Å². The molecule has 0 aliphatic carbocycles. The number of rotatable bonds is 2. The highest BCUT2D eigenvalue weighted by Crippen LogP contribution is 2.15. The van der Waals surface area contributed by atoms with Gasteiger partial charge >= 0.3 is 0 Å². The molecule has 1 amide bonds. The number of ether oxygens (including phenoxy) is 1. The fourth-order valence-corrected chi connectivity index (χ4v) is 1.29. The van der Waals surface area contributed by atoms with Crippen LogP contribution in [0.25, 0.3) is 0 Å². The molecule has 1 aromatic heterocycles. The summed E-state index contributed by atoms with van der Waals surface area (Å²) in [6, 6.07) is 0. The third-order valence-electron chi connectivity index (χ3n) is 1.60. The first-order valence-electron chi connectivity index (χ1n) is 3.56. The van der Waals surface area contributed by atoms with Crippen molar-refractivity contribution in [1.82, 2.24) is 9.59 Å². The average molecular weight is 185 g/mol. The van der Waals surface area contributed by atoms with Gasteiger partial charge in [0.15, 0.2) is 0 Å². The Morgan fingerprint density at radius 3 is 3.17 bits per heavy atom. The first-order chi connectivity index (χ1) is 5.86. The maximum absolute atomic E-state index is 11.2. The van der Waals surface area contributed by atoms with Crippen molar-refractivity contribution in [2.75, 3.05) is 11.9 Å². The summed E-state index contributed by atoms with van der Waals surface area (Å²) < 4.78 is 8.61. The Morgan fingerprint density at radius 1 is 1.83 bits per heavy atom. The van der Waals surface area contributed by atoms with Crippen LogP contribution in [0.3, 0.4) is 0 Å². The van der Waals surface area contributed by atoms with E-state index in [4.69, 9.17) is 4.74 Å². The highest BCUT2D eigenvalue weighted by molar-refractivity contribution is 7.10. The number of hydrogen-bond donors (Lipinski definition) is 1. The second kappa shape index (κ2) is 3.16. The number of anilines is 1. The van der Waals surface area contributed by atoms with Crippen LogP contribution in [0, 0.1) is 0 Å². The van der Waals surface area contributed by atoms with Crippen molar-refractivity contribution < 1.29 is 9.53 Å². The fourth-order valence-electron chi connectivity index (χ4n) is 0.867. The quantitative estimate of drug-likeness (QED) is 0.718. The van der Waals surface area contributed by atoms with Crippen LogP contribution in [-0.4, -0.2) is 28.2 Å². The number of aromatic nitrogens is 2. The molecule has 1 aliphatic rings. The van der Waals surface area contributed by atoms with Crippen LogP contribution >= 0.6 is 11.5 Å². The third-order valence-corrected chi connectivity index (χ3v) is 2.18. The molecule has 5 nitrogen and oxygen atoms in total. The Bertz CT molecular complexity index is 270. The van der Waals surface area contributed by atoms with Gasteiger partial charge in [0.2, 0.25) is 0 Å². The summed E-state index contributed by atoms with van der Waals surface area (Å²) in [5.74, 6) is -0.104. The van der Waals surface area contributed by atoms with E-state index in [-0.39, 0.29) is 12.0 Å². The highest BCUT2D eigenvalue weighted by Gasteiger charge is 2.26. The van der Waals surface area contributed by atoms with E-state index in [1.807, 2.05) is 0 Å². The SMILES string of the molecule is O=C(Nc1cnns1)C1CCO1. The lowest BCUT2D eigenvalue weighted by Crippen LogP contribution is -2.38. The number of carbonyl (C=O) groups excluding carboxylic acids is 1. The second-order valence-corrected chi connectivity index (χ2v) is 3.20. The number of nitrogens with zero attached hydrogens (tertiary/aromatic N) is 2. The zero-order valence-electron chi connectivity index (χ0n) is 6.19. The van der Waals surface area contributed by atoms with E-state index in [9.17, 15) is 4.79 Å². The van der Waals surface area contributed by atoms with Crippen LogP contribution in [-0.2, 0) is 9.53 Å². The van der Waals surface area contributed by atoms with Crippen LogP contribution in [0.2, 0.25) is 0 Å². The first kappa shape index (κ1) is 7.63. The van der Waals surface area contributed by atoms with Crippen LogP contribution in [0.4, 0.5) is 5.00 Å². The fraction of sp³-hybridized carbons (Fsp3) is 0.500. The summed E-state index contributed by atoms with van der Waals surface area (Å²) in [6.07, 6.45) is 2.05. The zero-order valence-corrected chi connectivity index (χ0v) is 7.00. The molecule has 0 aromatic carbocycles. The zero-order chi connectivity index (χ0) is 8.39. The van der Waals surface area contributed by atoms with Crippen LogP contribution < -0.4 is 5.32 Å². The molecule has 1 unspecified atom stereocenters. The molecule has 6 heteroatoms. The number of hydrogen-bond acceptors (Lipinski definition) is 5. The van der Waals surface area contributed by atoms with E-state index in [1.165, 1.54) is 6.20 Å². The molecule has 64 valence electrons. The molecule has 0 saturated carbocycles. The number of amides is 1. The maximum atomic E-state index is 11.2. The lowest BCUT2D eigenvalue weighted by molar-refractivity contribution is -0.139. The van der Waals surface area contributed by atoms with E-state index < -0.39 is 0 Å². The van der Waals surface area contributed by atoms with Gasteiger partial charge in [-0.05, 0) is 0 Å². The summed E-state index contributed by atoms with van der Waals surface area (Å²) >= 11 is 1.15. The molecule has 0 radical (unpaired) electrons. The molecule has 1 fully saturated rings. The molecule has 0 bridgehead atoms. The third kappa shape index (κ3) is 1.44. The molecular weight excluding hydrogens is 178 g/mol. The standard InChI is InChI=1S/C6H7N3O2S/c10-6(4-1-2-11-4)8-5-3-7-9-12-5/h3-4H,1-2H2,(H,8,10). The summed E-state index contributed by atoms with van der Waals surface area (Å²) in [6.45, 7) is 0.680. The lowest BCUT2D eigenvalue weighted by Gasteiger charge is -2.24. The molecule has 1 saturated heterocycles. The summed E-state index contributed by atoms with van der Waals surface area (Å²) in [7, 11) is 0. The molecule has 12 heavy (non-hydrogen) atoms. The second-order valence-electron chi connectivity index (χ2n) is 2.42. The Morgan fingerprint density at radius 2 is 2.67 bits per heavy atom. The highest BCUT2D eigenvalue weighted by atomic mass is 32.1. The number of carbonyl (C=O) groups is 1. The lowest BCUT2D eigenvalue weighted by atomic mass is 10.2. The van der Waals surface area contributed by atoms with E-state index >= 15 is 0 Å². The molecule has 0 spiro atoms. The topological polar surface area (TPSA) is 64.1 Å². The minimum absolute atomic E-state index is 0.104.